The van der Waals surface area contributed by atoms with Gasteiger partial charge in [0.2, 0.25) is 0 Å². The van der Waals surface area contributed by atoms with Crippen LogP contribution in [0.2, 0.25) is 0 Å². The van der Waals surface area contributed by atoms with Gasteiger partial charge in [-0.1, -0.05) is 45.0 Å². The number of carbonyl (C=O) groups is 1. The van der Waals surface area contributed by atoms with Crippen LogP contribution in [0.1, 0.15) is 45.9 Å². The number of hydrogen-bond donors (Lipinski definition) is 1. The van der Waals surface area contributed by atoms with Crippen molar-refractivity contribution < 1.29 is 14.1 Å². The maximum Gasteiger partial charge on any atom is 0.266 e. The molecule has 0 saturated carbocycles. The van der Waals surface area contributed by atoms with Crippen LogP contribution in [0.25, 0.3) is 0 Å². The molecule has 2 aromatic rings. The van der Waals surface area contributed by atoms with Crippen LogP contribution >= 0.6 is 0 Å². The monoisotopic (exact) mass is 316 g/mol. The smallest absolute Gasteiger partial charge is 0.266 e. The Morgan fingerprint density at radius 1 is 1.30 bits per heavy atom. The largest absolute Gasteiger partial charge is 0.481 e. The molecule has 23 heavy (non-hydrogen) atoms. The molecule has 5 heteroatoms. The Morgan fingerprint density at radius 3 is 2.48 bits per heavy atom. The lowest BCUT2D eigenvalue weighted by Crippen LogP contribution is -2.30. The van der Waals surface area contributed by atoms with E-state index >= 15 is 0 Å². The standard InChI is InChI=1S/C18H24N2O3/c1-6-13-7-9-14(10-8-13)22-12(2)17(21)19-16-11-15(23-20-16)18(3,4)5/h7-12H,6H2,1-5H3,(H,19,20,21). The van der Waals surface area contributed by atoms with Crippen LogP contribution in [0, 0.1) is 0 Å². The first kappa shape index (κ1) is 17.1. The number of nitrogens with one attached hydrogen (secondary N) is 1. The first-order valence-electron chi connectivity index (χ1n) is 7.83. The van der Waals surface area contributed by atoms with Crippen molar-refractivity contribution in [3.63, 3.8) is 0 Å². The number of anilines is 1. The molecule has 0 fully saturated rings. The van der Waals surface area contributed by atoms with E-state index < -0.39 is 6.10 Å². The van der Waals surface area contributed by atoms with E-state index in [9.17, 15) is 4.79 Å². The number of nitrogens with zero attached hydrogens (tertiary/aromatic N) is 1. The third-order valence-corrected chi connectivity index (χ3v) is 3.51. The van der Waals surface area contributed by atoms with E-state index in [-0.39, 0.29) is 11.3 Å². The number of rotatable bonds is 5. The second-order valence-electron chi connectivity index (χ2n) is 6.57. The first-order chi connectivity index (χ1) is 10.8. The highest BCUT2D eigenvalue weighted by molar-refractivity contribution is 5.93. The number of aryl methyl sites for hydroxylation is 1. The van der Waals surface area contributed by atoms with Gasteiger partial charge in [-0.05, 0) is 31.0 Å². The average Bonchev–Trinajstić information content (AvgIpc) is 2.96. The summed E-state index contributed by atoms with van der Waals surface area (Å²) >= 11 is 0. The summed E-state index contributed by atoms with van der Waals surface area (Å²) in [6, 6.07) is 9.47. The van der Waals surface area contributed by atoms with E-state index in [1.54, 1.807) is 13.0 Å². The minimum atomic E-state index is -0.628. The predicted molar refractivity (Wildman–Crippen MR) is 89.7 cm³/mol. The van der Waals surface area contributed by atoms with Crippen molar-refractivity contribution in [2.75, 3.05) is 5.32 Å². The normalized spacial score (nSPS) is 12.7. The summed E-state index contributed by atoms with van der Waals surface area (Å²) in [6.07, 6.45) is 0.343. The fraction of sp³-hybridized carbons (Fsp3) is 0.444. The second kappa shape index (κ2) is 6.86. The van der Waals surface area contributed by atoms with Gasteiger partial charge in [0.15, 0.2) is 11.9 Å². The zero-order valence-corrected chi connectivity index (χ0v) is 14.3. The number of amides is 1. The molecular weight excluding hydrogens is 292 g/mol. The number of carbonyl (C=O) groups excluding carboxylic acids is 1. The number of aromatic nitrogens is 1. The molecule has 0 aliphatic carbocycles. The summed E-state index contributed by atoms with van der Waals surface area (Å²) in [7, 11) is 0. The van der Waals surface area contributed by atoms with Gasteiger partial charge in [0, 0.05) is 11.5 Å². The molecule has 5 nitrogen and oxygen atoms in total. The van der Waals surface area contributed by atoms with Crippen LogP contribution in [0.15, 0.2) is 34.9 Å². The molecule has 1 N–H and O–H groups in total. The Labute approximate surface area is 137 Å². The van der Waals surface area contributed by atoms with Crippen molar-refractivity contribution in [2.45, 2.75) is 52.6 Å². The minimum absolute atomic E-state index is 0.154. The molecule has 0 aliphatic rings. The highest BCUT2D eigenvalue weighted by Gasteiger charge is 2.22. The molecule has 1 heterocycles. The summed E-state index contributed by atoms with van der Waals surface area (Å²) in [5.41, 5.74) is 1.07. The van der Waals surface area contributed by atoms with Crippen LogP contribution < -0.4 is 10.1 Å². The number of hydrogen-bond acceptors (Lipinski definition) is 4. The van der Waals surface area contributed by atoms with Gasteiger partial charge in [0.05, 0.1) is 0 Å². The average molecular weight is 316 g/mol. The van der Waals surface area contributed by atoms with E-state index in [0.29, 0.717) is 11.6 Å². The van der Waals surface area contributed by atoms with E-state index in [2.05, 4.69) is 17.4 Å². The Kier molecular flexibility index (Phi) is 5.08. The maximum absolute atomic E-state index is 12.2. The Bertz CT molecular complexity index is 654. The van der Waals surface area contributed by atoms with Gasteiger partial charge < -0.3 is 14.6 Å². The molecule has 0 aliphatic heterocycles. The van der Waals surface area contributed by atoms with Crippen LogP contribution in [0.3, 0.4) is 0 Å². The fourth-order valence-electron chi connectivity index (χ4n) is 1.98. The van der Waals surface area contributed by atoms with E-state index in [1.807, 2.05) is 45.0 Å². The van der Waals surface area contributed by atoms with Crippen molar-refractivity contribution in [1.82, 2.24) is 5.16 Å². The van der Waals surface area contributed by atoms with Gasteiger partial charge in [-0.25, -0.2) is 0 Å². The lowest BCUT2D eigenvalue weighted by molar-refractivity contribution is -0.122. The third-order valence-electron chi connectivity index (χ3n) is 3.51. The Morgan fingerprint density at radius 2 is 1.96 bits per heavy atom. The van der Waals surface area contributed by atoms with Gasteiger partial charge in [-0.3, -0.25) is 4.79 Å². The number of benzene rings is 1. The van der Waals surface area contributed by atoms with Crippen molar-refractivity contribution in [2.24, 2.45) is 0 Å². The van der Waals surface area contributed by atoms with Gasteiger partial charge in [-0.2, -0.15) is 0 Å². The summed E-state index contributed by atoms with van der Waals surface area (Å²) < 4.78 is 10.9. The van der Waals surface area contributed by atoms with E-state index in [4.69, 9.17) is 9.26 Å². The zero-order chi connectivity index (χ0) is 17.0. The molecular formula is C18H24N2O3. The SMILES string of the molecule is CCc1ccc(OC(C)C(=O)Nc2cc(C(C)(C)C)on2)cc1. The van der Waals surface area contributed by atoms with Crippen molar-refractivity contribution >= 4 is 11.7 Å². The molecule has 124 valence electrons. The topological polar surface area (TPSA) is 64.4 Å². The van der Waals surface area contributed by atoms with Crippen molar-refractivity contribution in [3.8, 4) is 5.75 Å². The van der Waals surface area contributed by atoms with Crippen molar-refractivity contribution in [1.29, 1.82) is 0 Å². The van der Waals surface area contributed by atoms with E-state index in [0.717, 1.165) is 12.2 Å². The second-order valence-corrected chi connectivity index (χ2v) is 6.57. The van der Waals surface area contributed by atoms with Crippen LogP contribution in [-0.2, 0) is 16.6 Å². The molecule has 2 rings (SSSR count). The predicted octanol–water partition coefficient (Wildman–Crippen LogP) is 3.94. The summed E-state index contributed by atoms with van der Waals surface area (Å²) in [5, 5.41) is 6.58. The highest BCUT2D eigenvalue weighted by atomic mass is 16.5. The minimum Gasteiger partial charge on any atom is -0.481 e. The van der Waals surface area contributed by atoms with Crippen molar-refractivity contribution in [3.05, 3.63) is 41.7 Å². The molecule has 0 saturated heterocycles. The molecule has 0 bridgehead atoms. The lowest BCUT2D eigenvalue weighted by atomic mass is 9.93. The van der Waals surface area contributed by atoms with Gasteiger partial charge in [0.1, 0.15) is 11.5 Å². The van der Waals surface area contributed by atoms with Crippen LogP contribution in [0.5, 0.6) is 5.75 Å². The molecule has 0 radical (unpaired) electrons. The van der Waals surface area contributed by atoms with E-state index in [1.165, 1.54) is 5.56 Å². The molecule has 1 aromatic heterocycles. The molecule has 1 aromatic carbocycles. The molecule has 0 spiro atoms. The quantitative estimate of drug-likeness (QED) is 0.907. The molecule has 1 atom stereocenters. The molecule has 1 unspecified atom stereocenters. The van der Waals surface area contributed by atoms with Gasteiger partial charge in [-0.15, -0.1) is 0 Å². The Hall–Kier alpha value is -2.30. The summed E-state index contributed by atoms with van der Waals surface area (Å²) in [6.45, 7) is 9.85. The van der Waals surface area contributed by atoms with Gasteiger partial charge >= 0.3 is 0 Å². The lowest BCUT2D eigenvalue weighted by Gasteiger charge is -2.14. The highest BCUT2D eigenvalue weighted by Crippen LogP contribution is 2.24. The third kappa shape index (κ3) is 4.58. The maximum atomic E-state index is 12.2. The molecule has 1 amide bonds. The fourth-order valence-corrected chi connectivity index (χ4v) is 1.98. The van der Waals surface area contributed by atoms with Crippen LogP contribution in [0.4, 0.5) is 5.82 Å². The first-order valence-corrected chi connectivity index (χ1v) is 7.83. The summed E-state index contributed by atoms with van der Waals surface area (Å²) in [4.78, 5) is 12.2. The summed E-state index contributed by atoms with van der Waals surface area (Å²) in [5.74, 6) is 1.52. The number of ether oxygens (including phenoxy) is 1. The zero-order valence-electron chi connectivity index (χ0n) is 14.3. The van der Waals surface area contributed by atoms with Crippen LogP contribution in [-0.4, -0.2) is 17.2 Å². The Balaban J connectivity index is 1.95. The van der Waals surface area contributed by atoms with Gasteiger partial charge in [0.25, 0.3) is 5.91 Å².